The van der Waals surface area contributed by atoms with Crippen LogP contribution >= 0.6 is 0 Å². The van der Waals surface area contributed by atoms with Crippen LogP contribution in [0.1, 0.15) is 26.3 Å². The molecule has 11 nitrogen and oxygen atoms in total. The number of carbonyl (C=O) groups excluding carboxylic acids is 1. The summed E-state index contributed by atoms with van der Waals surface area (Å²) in [6, 6.07) is 12.5. The number of hydrogen-bond acceptors (Lipinski definition) is 8. The summed E-state index contributed by atoms with van der Waals surface area (Å²) in [7, 11) is 0. The molecule has 0 atom stereocenters. The molecule has 0 radical (unpaired) electrons. The van der Waals surface area contributed by atoms with Gasteiger partial charge >= 0.3 is 11.7 Å². The molecule has 1 aromatic heterocycles. The number of nitro groups is 1. The Hall–Kier alpha value is -4.54. The van der Waals surface area contributed by atoms with E-state index >= 15 is 0 Å². The van der Waals surface area contributed by atoms with Crippen LogP contribution in [0.3, 0.4) is 0 Å². The highest BCUT2D eigenvalue weighted by molar-refractivity contribution is 5.96. The second-order valence-corrected chi connectivity index (χ2v) is 6.08. The van der Waals surface area contributed by atoms with Crippen LogP contribution in [0.25, 0.3) is 0 Å². The van der Waals surface area contributed by atoms with Crippen molar-refractivity contribution in [3.8, 4) is 0 Å². The summed E-state index contributed by atoms with van der Waals surface area (Å²) in [6.45, 7) is 1.76. The minimum Gasteiger partial charge on any atom is -0.478 e. The fourth-order valence-electron chi connectivity index (χ4n) is 2.58. The Labute approximate surface area is 169 Å². The second-order valence-electron chi connectivity index (χ2n) is 6.08. The van der Waals surface area contributed by atoms with Gasteiger partial charge in [0, 0.05) is 11.3 Å². The van der Waals surface area contributed by atoms with E-state index in [9.17, 15) is 19.7 Å². The zero-order valence-corrected chi connectivity index (χ0v) is 15.6. The van der Waals surface area contributed by atoms with E-state index in [2.05, 4.69) is 26.1 Å². The average molecular weight is 408 g/mol. The number of amides is 1. The molecule has 3 rings (SSSR count). The van der Waals surface area contributed by atoms with Crippen molar-refractivity contribution in [1.29, 1.82) is 0 Å². The molecule has 3 aromatic rings. The molecule has 0 unspecified atom stereocenters. The quantitative estimate of drug-likeness (QED) is 0.340. The minimum atomic E-state index is -1.09. The Morgan fingerprint density at radius 3 is 2.33 bits per heavy atom. The van der Waals surface area contributed by atoms with E-state index in [1.807, 2.05) is 0 Å². The smallest absolute Gasteiger partial charge is 0.355 e. The molecule has 4 N–H and O–H groups in total. The number of carboxylic acids is 1. The van der Waals surface area contributed by atoms with Gasteiger partial charge in [0.1, 0.15) is 6.33 Å². The predicted octanol–water partition coefficient (Wildman–Crippen LogP) is 2.89. The van der Waals surface area contributed by atoms with Crippen molar-refractivity contribution in [1.82, 2.24) is 15.4 Å². The number of nitrogens with zero attached hydrogens (tertiary/aromatic N) is 3. The number of hydrazine groups is 1. The Morgan fingerprint density at radius 2 is 1.70 bits per heavy atom. The van der Waals surface area contributed by atoms with E-state index in [4.69, 9.17) is 5.11 Å². The predicted molar refractivity (Wildman–Crippen MR) is 108 cm³/mol. The number of benzene rings is 2. The van der Waals surface area contributed by atoms with Crippen LogP contribution in [0.4, 0.5) is 23.0 Å². The number of nitrogens with one attached hydrogen (secondary N) is 3. The highest BCUT2D eigenvalue weighted by Gasteiger charge is 2.24. The summed E-state index contributed by atoms with van der Waals surface area (Å²) >= 11 is 0. The maximum absolute atomic E-state index is 12.3. The van der Waals surface area contributed by atoms with Gasteiger partial charge in [-0.1, -0.05) is 18.2 Å². The number of carboxylic acid groups (broad SMARTS) is 1. The van der Waals surface area contributed by atoms with Gasteiger partial charge < -0.3 is 10.4 Å². The molecule has 0 aliphatic carbocycles. The first-order chi connectivity index (χ1) is 14.4. The molecule has 1 heterocycles. The molecule has 2 aromatic carbocycles. The lowest BCUT2D eigenvalue weighted by atomic mass is 10.1. The molecule has 0 fully saturated rings. The van der Waals surface area contributed by atoms with Crippen molar-refractivity contribution >= 4 is 34.9 Å². The molecule has 0 aliphatic heterocycles. The fraction of sp³-hybridized carbons (Fsp3) is 0.0526. The van der Waals surface area contributed by atoms with E-state index in [0.29, 0.717) is 11.3 Å². The molecule has 0 saturated carbocycles. The van der Waals surface area contributed by atoms with Crippen molar-refractivity contribution in [2.75, 3.05) is 10.7 Å². The second kappa shape index (κ2) is 8.65. The van der Waals surface area contributed by atoms with E-state index in [1.165, 1.54) is 24.3 Å². The van der Waals surface area contributed by atoms with E-state index < -0.39 is 22.5 Å². The largest absolute Gasteiger partial charge is 0.478 e. The van der Waals surface area contributed by atoms with E-state index in [-0.39, 0.29) is 17.2 Å². The van der Waals surface area contributed by atoms with Gasteiger partial charge in [0.15, 0.2) is 0 Å². The molecule has 30 heavy (non-hydrogen) atoms. The van der Waals surface area contributed by atoms with Crippen LogP contribution in [-0.2, 0) is 0 Å². The van der Waals surface area contributed by atoms with Crippen LogP contribution in [0.5, 0.6) is 0 Å². The lowest BCUT2D eigenvalue weighted by Crippen LogP contribution is -2.30. The SMILES string of the molecule is Cc1ccccc1C(=O)NNc1ncnc(Nc2ccc(C(=O)O)cc2)c1[N+](=O)[O-]. The lowest BCUT2D eigenvalue weighted by molar-refractivity contribution is -0.383. The number of anilines is 3. The first-order valence-corrected chi connectivity index (χ1v) is 8.58. The summed E-state index contributed by atoms with van der Waals surface area (Å²) in [5.41, 5.74) is 5.94. The third kappa shape index (κ3) is 4.47. The zero-order chi connectivity index (χ0) is 21.7. The third-order valence-electron chi connectivity index (χ3n) is 4.08. The van der Waals surface area contributed by atoms with Gasteiger partial charge in [-0.05, 0) is 42.8 Å². The van der Waals surface area contributed by atoms with Crippen LogP contribution in [0.15, 0.2) is 54.9 Å². The molecular weight excluding hydrogens is 392 g/mol. The Morgan fingerprint density at radius 1 is 1.03 bits per heavy atom. The lowest BCUT2D eigenvalue weighted by Gasteiger charge is -2.11. The van der Waals surface area contributed by atoms with Gasteiger partial charge in [-0.3, -0.25) is 25.8 Å². The van der Waals surface area contributed by atoms with Gasteiger partial charge in [-0.2, -0.15) is 0 Å². The third-order valence-corrected chi connectivity index (χ3v) is 4.08. The topological polar surface area (TPSA) is 159 Å². The zero-order valence-electron chi connectivity index (χ0n) is 15.6. The van der Waals surface area contributed by atoms with Crippen molar-refractivity contribution < 1.29 is 19.6 Å². The summed E-state index contributed by atoms with van der Waals surface area (Å²) in [4.78, 5) is 41.9. The first kappa shape index (κ1) is 20.2. The van der Waals surface area contributed by atoms with Crippen molar-refractivity contribution in [2.45, 2.75) is 6.92 Å². The highest BCUT2D eigenvalue weighted by Crippen LogP contribution is 2.30. The van der Waals surface area contributed by atoms with Gasteiger partial charge in [0.25, 0.3) is 5.91 Å². The molecule has 11 heteroatoms. The van der Waals surface area contributed by atoms with Crippen LogP contribution < -0.4 is 16.2 Å². The van der Waals surface area contributed by atoms with Crippen LogP contribution in [0, 0.1) is 17.0 Å². The number of aromatic nitrogens is 2. The number of aryl methyl sites for hydroxylation is 1. The van der Waals surface area contributed by atoms with Gasteiger partial charge in [-0.15, -0.1) is 0 Å². The van der Waals surface area contributed by atoms with E-state index in [1.54, 1.807) is 31.2 Å². The van der Waals surface area contributed by atoms with Gasteiger partial charge in [0.05, 0.1) is 10.5 Å². The van der Waals surface area contributed by atoms with Crippen molar-refractivity contribution in [3.63, 3.8) is 0 Å². The molecule has 0 saturated heterocycles. The number of aromatic carboxylic acids is 1. The standard InChI is InChI=1S/C19H16N6O5/c1-11-4-2-3-5-14(11)18(26)24-23-17-15(25(29)30)16(20-10-21-17)22-13-8-6-12(7-9-13)19(27)28/h2-10H,1H3,(H,24,26)(H,27,28)(H2,20,21,22,23). The molecule has 1 amide bonds. The Balaban J connectivity index is 1.82. The molecule has 0 spiro atoms. The summed E-state index contributed by atoms with van der Waals surface area (Å²) < 4.78 is 0. The maximum Gasteiger partial charge on any atom is 0.355 e. The van der Waals surface area contributed by atoms with Crippen LogP contribution in [-0.4, -0.2) is 31.9 Å². The molecular formula is C19H16N6O5. The Kier molecular flexibility index (Phi) is 5.82. The van der Waals surface area contributed by atoms with Gasteiger partial charge in [0.2, 0.25) is 11.6 Å². The first-order valence-electron chi connectivity index (χ1n) is 8.58. The van der Waals surface area contributed by atoms with Crippen molar-refractivity contribution in [3.05, 3.63) is 81.7 Å². The van der Waals surface area contributed by atoms with Crippen molar-refractivity contribution in [2.24, 2.45) is 0 Å². The number of rotatable bonds is 7. The van der Waals surface area contributed by atoms with Gasteiger partial charge in [-0.25, -0.2) is 14.8 Å². The van der Waals surface area contributed by atoms with Crippen LogP contribution in [0.2, 0.25) is 0 Å². The minimum absolute atomic E-state index is 0.0685. The Bertz CT molecular complexity index is 1120. The normalized spacial score (nSPS) is 10.2. The summed E-state index contributed by atoms with van der Waals surface area (Å²) in [5.74, 6) is -1.93. The highest BCUT2D eigenvalue weighted by atomic mass is 16.6. The summed E-state index contributed by atoms with van der Waals surface area (Å²) in [6.07, 6.45) is 1.09. The summed E-state index contributed by atoms with van der Waals surface area (Å²) in [5, 5.41) is 23.3. The molecule has 0 bridgehead atoms. The maximum atomic E-state index is 12.3. The monoisotopic (exact) mass is 408 g/mol. The molecule has 152 valence electrons. The molecule has 0 aliphatic rings. The number of hydrogen-bond donors (Lipinski definition) is 4. The van der Waals surface area contributed by atoms with E-state index in [0.717, 1.165) is 11.9 Å². The average Bonchev–Trinajstić information content (AvgIpc) is 2.72. The number of carbonyl (C=O) groups is 2. The fourth-order valence-corrected chi connectivity index (χ4v) is 2.58.